The fraction of sp³-hybridized carbons (Fsp3) is 0.111. The zero-order chi connectivity index (χ0) is 32.4. The maximum atomic E-state index is 6.58. The van der Waals surface area contributed by atoms with Crippen LogP contribution in [-0.2, 0) is 6.42 Å². The van der Waals surface area contributed by atoms with Crippen LogP contribution in [0.25, 0.3) is 71.3 Å². The van der Waals surface area contributed by atoms with Gasteiger partial charge in [-0.1, -0.05) is 67.8 Å². The highest BCUT2D eigenvalue weighted by Crippen LogP contribution is 2.46. The van der Waals surface area contributed by atoms with Gasteiger partial charge in [-0.3, -0.25) is 4.99 Å². The smallest absolute Gasteiger partial charge is 0.213 e. The van der Waals surface area contributed by atoms with E-state index in [4.69, 9.17) is 9.41 Å². The lowest BCUT2D eigenvalue weighted by Crippen LogP contribution is -2.47. The van der Waals surface area contributed by atoms with Gasteiger partial charge in [-0.2, -0.15) is 4.57 Å². The second kappa shape index (κ2) is 9.77. The molecule has 2 aliphatic rings. The second-order valence-electron chi connectivity index (χ2n) is 13.8. The van der Waals surface area contributed by atoms with Gasteiger partial charge in [-0.15, -0.1) is 0 Å². The Morgan fingerprint density at radius 1 is 0.776 bits per heavy atom. The normalized spacial score (nSPS) is 18.9. The highest BCUT2D eigenvalue weighted by molar-refractivity contribution is 6.30. The molecule has 0 bridgehead atoms. The van der Waals surface area contributed by atoms with Gasteiger partial charge in [0.2, 0.25) is 5.69 Å². The van der Waals surface area contributed by atoms with E-state index in [1.807, 2.05) is 12.1 Å². The number of rotatable bonds is 1. The highest BCUT2D eigenvalue weighted by Gasteiger charge is 2.40. The van der Waals surface area contributed by atoms with Crippen LogP contribution in [-0.4, -0.2) is 10.1 Å². The van der Waals surface area contributed by atoms with Gasteiger partial charge < -0.3 is 8.82 Å². The number of furan rings is 1. The summed E-state index contributed by atoms with van der Waals surface area (Å²) >= 11 is 0. The number of fused-ring (bicyclic) bond motifs is 17. The minimum Gasteiger partial charge on any atom is -0.455 e. The number of aliphatic imine (C=N–C) groups is 1. The summed E-state index contributed by atoms with van der Waals surface area (Å²) in [5.74, 6) is 0.326. The number of nitrogens with zero attached hydrogens (tertiary/aromatic N) is 3. The Morgan fingerprint density at radius 3 is 2.55 bits per heavy atom. The van der Waals surface area contributed by atoms with Crippen LogP contribution < -0.4 is 4.57 Å². The summed E-state index contributed by atoms with van der Waals surface area (Å²) in [4.78, 5) is 5.21. The van der Waals surface area contributed by atoms with Crippen molar-refractivity contribution in [3.8, 4) is 11.3 Å². The zero-order valence-corrected chi connectivity index (χ0v) is 27.0. The molecule has 0 radical (unpaired) electrons. The third-order valence-corrected chi connectivity index (χ3v) is 11.3. The van der Waals surface area contributed by atoms with Crippen LogP contribution in [0.15, 0.2) is 150 Å². The van der Waals surface area contributed by atoms with E-state index in [9.17, 15) is 0 Å². The molecule has 0 fully saturated rings. The van der Waals surface area contributed by atoms with Gasteiger partial charge in [0.1, 0.15) is 11.2 Å². The zero-order valence-electron chi connectivity index (χ0n) is 27.0. The molecular weight excluding hydrogens is 599 g/mol. The number of hydrogen-bond acceptors (Lipinski definition) is 2. The SMILES string of the molecule is C=C/C1=N/C(=C)CC2C(CCc3cc4c(cc31)c1cccc3c5c6oc7ccccc7c6ccc5n4c13)c1ccccc1-c1cccc[n+]12. The van der Waals surface area contributed by atoms with Gasteiger partial charge >= 0.3 is 0 Å². The molecule has 5 aromatic carbocycles. The van der Waals surface area contributed by atoms with Crippen molar-refractivity contribution in [2.45, 2.75) is 31.2 Å². The molecule has 49 heavy (non-hydrogen) atoms. The quantitative estimate of drug-likeness (QED) is 0.166. The summed E-state index contributed by atoms with van der Waals surface area (Å²) in [5.41, 5.74) is 13.7. The van der Waals surface area contributed by atoms with Crippen molar-refractivity contribution in [2.24, 2.45) is 4.99 Å². The van der Waals surface area contributed by atoms with Gasteiger partial charge in [0.15, 0.2) is 12.2 Å². The van der Waals surface area contributed by atoms with Crippen LogP contribution in [0.1, 0.15) is 41.5 Å². The van der Waals surface area contributed by atoms with Gasteiger partial charge in [0.25, 0.3) is 0 Å². The average Bonchev–Trinajstić information content (AvgIpc) is 3.80. The van der Waals surface area contributed by atoms with Crippen molar-refractivity contribution in [1.82, 2.24) is 4.40 Å². The van der Waals surface area contributed by atoms with Crippen LogP contribution in [0.4, 0.5) is 0 Å². The van der Waals surface area contributed by atoms with E-state index < -0.39 is 0 Å². The molecule has 0 spiro atoms. The standard InChI is InChI=1S/C45H32N3O/c1-3-37-35-25-36-32-14-10-15-34-43-39(21-20-33-31-13-6-7-17-42(31)49-45(33)43)48(44(32)34)41(36)24-27(35)18-19-30-28-11-4-5-12-29(28)38-16-8-9-22-47(38)40(30)23-26(2)46-37/h3-17,20-22,24-25,30,40H,1-2,18-19,23H2/q+1/b46-37-. The van der Waals surface area contributed by atoms with Crippen molar-refractivity contribution in [3.05, 3.63) is 157 Å². The van der Waals surface area contributed by atoms with E-state index in [0.29, 0.717) is 5.92 Å². The average molecular weight is 631 g/mol. The third kappa shape index (κ3) is 3.58. The predicted octanol–water partition coefficient (Wildman–Crippen LogP) is 10.9. The minimum absolute atomic E-state index is 0.230. The first-order valence-electron chi connectivity index (χ1n) is 17.2. The molecule has 4 nitrogen and oxygen atoms in total. The lowest BCUT2D eigenvalue weighted by Gasteiger charge is -2.31. The fourth-order valence-corrected chi connectivity index (χ4v) is 9.28. The van der Waals surface area contributed by atoms with Crippen LogP contribution >= 0.6 is 0 Å². The number of hydrogen-bond donors (Lipinski definition) is 0. The lowest BCUT2D eigenvalue weighted by molar-refractivity contribution is -0.718. The Morgan fingerprint density at radius 2 is 1.61 bits per heavy atom. The molecule has 0 saturated heterocycles. The van der Waals surface area contributed by atoms with E-state index in [1.54, 1.807) is 0 Å². The number of benzene rings is 5. The van der Waals surface area contributed by atoms with E-state index in [0.717, 1.165) is 58.2 Å². The number of pyridine rings is 1. The van der Waals surface area contributed by atoms with Crippen LogP contribution in [0, 0.1) is 0 Å². The summed E-state index contributed by atoms with van der Waals surface area (Å²) in [6.45, 7) is 8.77. The topological polar surface area (TPSA) is 33.8 Å². The molecule has 9 aromatic rings. The van der Waals surface area contributed by atoms with E-state index in [1.165, 1.54) is 60.5 Å². The molecule has 0 amide bonds. The van der Waals surface area contributed by atoms with Crippen molar-refractivity contribution in [1.29, 1.82) is 0 Å². The lowest BCUT2D eigenvalue weighted by atomic mass is 9.77. The summed E-state index contributed by atoms with van der Waals surface area (Å²) in [7, 11) is 0. The molecule has 0 aliphatic carbocycles. The second-order valence-corrected chi connectivity index (χ2v) is 13.8. The van der Waals surface area contributed by atoms with Crippen molar-refractivity contribution >= 4 is 65.7 Å². The third-order valence-electron chi connectivity index (χ3n) is 11.3. The Hall–Kier alpha value is -6.00. The molecule has 6 heterocycles. The molecule has 0 N–H and O–H groups in total. The first kappa shape index (κ1) is 27.0. The molecule has 11 rings (SSSR count). The Bertz CT molecular complexity index is 2920. The maximum Gasteiger partial charge on any atom is 0.213 e. The Labute approximate surface area is 282 Å². The highest BCUT2D eigenvalue weighted by atomic mass is 16.3. The van der Waals surface area contributed by atoms with Crippen LogP contribution in [0.2, 0.25) is 0 Å². The molecule has 0 saturated carbocycles. The van der Waals surface area contributed by atoms with Gasteiger partial charge in [-0.05, 0) is 72.5 Å². The Balaban J connectivity index is 1.17. The van der Waals surface area contributed by atoms with E-state index >= 15 is 0 Å². The molecule has 2 aliphatic heterocycles. The first-order chi connectivity index (χ1) is 24.2. The van der Waals surface area contributed by atoms with Crippen molar-refractivity contribution < 1.29 is 8.98 Å². The molecule has 2 atom stereocenters. The maximum absolute atomic E-state index is 6.58. The Kier molecular flexibility index (Phi) is 5.39. The largest absolute Gasteiger partial charge is 0.455 e. The molecular formula is C45H32N3O+. The number of aromatic nitrogens is 2. The number of allylic oxidation sites excluding steroid dienone is 2. The van der Waals surface area contributed by atoms with E-state index in [2.05, 4.69) is 131 Å². The predicted molar refractivity (Wildman–Crippen MR) is 201 cm³/mol. The van der Waals surface area contributed by atoms with Crippen LogP contribution in [0.3, 0.4) is 0 Å². The molecule has 232 valence electrons. The minimum atomic E-state index is 0.230. The van der Waals surface area contributed by atoms with E-state index in [-0.39, 0.29) is 6.04 Å². The van der Waals surface area contributed by atoms with Gasteiger partial charge in [0.05, 0.1) is 34.1 Å². The monoisotopic (exact) mass is 630 g/mol. The summed E-state index contributed by atoms with van der Waals surface area (Å²) < 4.78 is 11.5. The summed E-state index contributed by atoms with van der Waals surface area (Å²) in [6.07, 6.45) is 6.87. The van der Waals surface area contributed by atoms with Crippen LogP contribution in [0.5, 0.6) is 0 Å². The first-order valence-corrected chi connectivity index (χ1v) is 17.2. The van der Waals surface area contributed by atoms with Crippen molar-refractivity contribution in [3.63, 3.8) is 0 Å². The van der Waals surface area contributed by atoms with Gasteiger partial charge in [0, 0.05) is 61.8 Å². The summed E-state index contributed by atoms with van der Waals surface area (Å²) in [5, 5.41) is 7.19. The summed E-state index contributed by atoms with van der Waals surface area (Å²) in [6, 6.07) is 40.1. The van der Waals surface area contributed by atoms with Gasteiger partial charge in [-0.25, -0.2) is 0 Å². The molecule has 4 aromatic heterocycles. The molecule has 4 heteroatoms. The molecule has 2 unspecified atom stereocenters. The number of para-hydroxylation sites is 2. The number of aryl methyl sites for hydroxylation is 1. The fourth-order valence-electron chi connectivity index (χ4n) is 9.28. The van der Waals surface area contributed by atoms with Crippen molar-refractivity contribution in [2.75, 3.05) is 0 Å².